The number of alkyl halides is 28. The molecule has 0 amide bonds. The zero-order valence-electron chi connectivity index (χ0n) is 80.3. The average Bonchev–Trinajstić information content (AvgIpc) is 1.75. The van der Waals surface area contributed by atoms with Gasteiger partial charge in [-0.1, -0.05) is 355 Å². The SMILES string of the molecule is CBr.CC.CC#N.CC(C)(C)C.CC(C)(C)[Si](C)(C)C.CC(F)(F)C(F)(F)F.CC(F)(F)F.CC1CC1.CC1CCC1.CC1CCCC1.CC1CCCCC1.CCC.CCC(C)C.CCl.CF.CI.COC.COC(F)(F)C(F)(F)F.COC(F)(F)F.CS(F)(F)(F)(F)F.CSC.CSC#N.CSC(F)(F)C(F)(F)F.CSC(F)(F)F.C[Si](C)(C)C. The predicted octanol–water partition coefficient (Wildman–Crippen LogP) is 39.7. The van der Waals surface area contributed by atoms with E-state index in [0.29, 0.717) is 31.0 Å². The molecule has 0 aromatic heterocycles. The van der Waals surface area contributed by atoms with Crippen LogP contribution in [-0.4, -0.2) is 160 Å². The lowest BCUT2D eigenvalue weighted by molar-refractivity contribution is -0.383. The molecule has 121 heavy (non-hydrogen) atoms. The van der Waals surface area contributed by atoms with Crippen molar-refractivity contribution >= 4 is 124 Å². The van der Waals surface area contributed by atoms with E-state index in [1.807, 2.05) is 42.5 Å². The zero-order chi connectivity index (χ0) is 104. The second-order valence-corrected chi connectivity index (χ2v) is 48.4. The monoisotopic (exact) mass is 2180 g/mol. The molecule has 0 radical (unpaired) electrons. The molecule has 0 bridgehead atoms. The van der Waals surface area contributed by atoms with Gasteiger partial charge < -0.3 is 9.47 Å². The van der Waals surface area contributed by atoms with Crippen LogP contribution in [0.25, 0.3) is 0 Å². The summed E-state index contributed by atoms with van der Waals surface area (Å²) in [5.41, 5.74) is -3.54. The van der Waals surface area contributed by atoms with Crippen LogP contribution in [0, 0.1) is 57.0 Å². The molecule has 4 saturated carbocycles. The molecule has 5 nitrogen and oxygen atoms in total. The summed E-state index contributed by atoms with van der Waals surface area (Å²) in [6.07, 6.45) is 1.47. The molecular formula is C76H163BrClF30IN2O3S5Si2. The first-order valence-electron chi connectivity index (χ1n) is 37.1. The van der Waals surface area contributed by atoms with E-state index in [1.165, 1.54) is 116 Å². The van der Waals surface area contributed by atoms with Gasteiger partial charge in [-0.15, -0.1) is 24.8 Å². The number of thioether (sulfide) groups is 4. The van der Waals surface area contributed by atoms with Crippen molar-refractivity contribution in [1.29, 1.82) is 10.5 Å². The van der Waals surface area contributed by atoms with Crippen molar-refractivity contribution in [1.82, 2.24) is 0 Å². The van der Waals surface area contributed by atoms with E-state index >= 15 is 0 Å². The Hall–Kier alpha value is 0.444. The van der Waals surface area contributed by atoms with Crippen molar-refractivity contribution < 1.29 is 143 Å². The van der Waals surface area contributed by atoms with Gasteiger partial charge in [-0.25, -0.2) is 0 Å². The Bertz CT molecular complexity index is 1890. The summed E-state index contributed by atoms with van der Waals surface area (Å²) < 4.78 is 333. The first-order chi connectivity index (χ1) is 53.1. The molecular weight excluding hydrogens is 2020 g/mol. The third-order valence-electron chi connectivity index (χ3n) is 11.1. The molecule has 764 valence electrons. The van der Waals surface area contributed by atoms with Gasteiger partial charge >= 0.3 is 53.9 Å². The number of nitrogens with zero attached hydrogens (tertiary/aromatic N) is 2. The van der Waals surface area contributed by atoms with Gasteiger partial charge in [0.2, 0.25) is 0 Å². The van der Waals surface area contributed by atoms with Crippen molar-refractivity contribution in [3.63, 3.8) is 0 Å². The number of nitriles is 2. The molecule has 0 aromatic rings. The van der Waals surface area contributed by atoms with Crippen molar-refractivity contribution in [3.8, 4) is 11.5 Å². The topological polar surface area (TPSA) is 75.3 Å². The number of thiocyanates is 1. The van der Waals surface area contributed by atoms with Gasteiger partial charge in [0.1, 0.15) is 5.40 Å². The standard InChI is InChI=1S/C7H18Si.C7H14.C6H12.C5H10.2C5H12.C4H12Si.C4H8.C3H3F5O.C3H3F5S.C3H3F5.C3H8.C2H3F3O.C2H3F3S.C2H3F3.C2H3NS.C2H3N.C2H6O.C2H6S.C2H6.CH3Br.CH3Cl.CH3F5S.CH3F.CH3I/c1-7(2,3)8(4,5)6;1-7-5-3-2-4-6-7;1-6-4-2-3-5-6;1-5-3-2-4-5;1-5(2,3)4;1-4-5(2)3;1-5(2,3)4;1-4-2-3-4;2*1-9-3(7,8)2(4,5)6;1-2(4,5)3(6,7)8;1-3-2;2*1-6-2(3,4)5;1-2(3,4)5;1-4-2-3;1-2-3;2*1-3-2;3*1-2;1-7(2,3,4,5)6;2*1-2/h1-6H3;7H,2-6H2,1H3;6H,2-5H2,1H3;5H,2-4H2,1H3;1-4H3;5H,4H2,1-3H3;1-4H3;4H,2-3H2,1H3;2*1H3;1H3;3H2,1-2H3;2*1H3;1H3;1H3;1H3;2*1-2H3;1-2H3;2*1H3;1H3;2*1H3. The van der Waals surface area contributed by atoms with Gasteiger partial charge in [0, 0.05) is 71.7 Å². The normalized spacial score (nSPS) is 14.0. The highest BCUT2D eigenvalue weighted by Gasteiger charge is 2.59. The highest BCUT2D eigenvalue weighted by atomic mass is 127. The molecule has 4 aliphatic carbocycles. The minimum atomic E-state index is -8.97. The summed E-state index contributed by atoms with van der Waals surface area (Å²) in [6.45, 7) is 57.9. The predicted molar refractivity (Wildman–Crippen MR) is 490 cm³/mol. The molecule has 0 spiro atoms. The second kappa shape index (κ2) is 96.5. The Morgan fingerprint density at radius 2 is 0.628 bits per heavy atom. The summed E-state index contributed by atoms with van der Waals surface area (Å²) in [4.78, 5) is 1.97. The lowest BCUT2D eigenvalue weighted by Crippen LogP contribution is -2.37. The van der Waals surface area contributed by atoms with Crippen LogP contribution in [0.15, 0.2) is 0 Å². The van der Waals surface area contributed by atoms with E-state index in [9.17, 15) is 129 Å². The van der Waals surface area contributed by atoms with Crippen molar-refractivity contribution in [3.05, 3.63) is 0 Å². The average molecular weight is 2180 g/mol. The van der Waals surface area contributed by atoms with Gasteiger partial charge in [0.25, 0.3) is 10.2 Å². The maximum atomic E-state index is 11.5. The maximum Gasteiger partial charge on any atom is 0.522 e. The molecule has 4 rings (SSSR count). The van der Waals surface area contributed by atoms with Gasteiger partial charge in [-0.2, -0.15) is 114 Å². The number of hydrogen-bond donors (Lipinski definition) is 0. The smallest absolute Gasteiger partial charge is 0.388 e. The van der Waals surface area contributed by atoms with Gasteiger partial charge in [0.15, 0.2) is 0 Å². The van der Waals surface area contributed by atoms with Crippen LogP contribution in [-0.2, 0) is 14.2 Å². The second-order valence-electron chi connectivity index (χ2n) is 30.5. The van der Waals surface area contributed by atoms with Gasteiger partial charge in [-0.05, 0) is 93.8 Å². The lowest BCUT2D eigenvalue weighted by Gasteiger charge is -2.35. The highest BCUT2D eigenvalue weighted by Crippen LogP contribution is 2.95. The van der Waals surface area contributed by atoms with Crippen LogP contribution >= 0.6 is 107 Å². The maximum absolute atomic E-state index is 11.5. The fourth-order valence-corrected chi connectivity index (χ4v) is 3.68. The first kappa shape index (κ1) is 175. The van der Waals surface area contributed by atoms with E-state index in [-0.39, 0.29) is 32.7 Å². The van der Waals surface area contributed by atoms with Crippen LogP contribution in [0.2, 0.25) is 50.9 Å². The molecule has 4 fully saturated rings. The Balaban J connectivity index is -0.0000000458. The zero-order valence-corrected chi connectivity index (χ0v) is 90.9. The van der Waals surface area contributed by atoms with E-state index in [2.05, 4.69) is 221 Å². The number of halogens is 33. The van der Waals surface area contributed by atoms with Gasteiger partial charge in [-0.3, -0.25) is 9.13 Å². The highest BCUT2D eigenvalue weighted by molar-refractivity contribution is 14.1. The van der Waals surface area contributed by atoms with Crippen LogP contribution in [0.4, 0.5) is 129 Å². The van der Waals surface area contributed by atoms with E-state index in [0.717, 1.165) is 47.6 Å². The number of methoxy groups -OCH3 is 3. The molecule has 0 aromatic carbocycles. The van der Waals surface area contributed by atoms with Crippen molar-refractivity contribution in [2.45, 2.75) is 353 Å². The fourth-order valence-electron chi connectivity index (χ4n) is 3.45. The molecule has 0 heterocycles. The van der Waals surface area contributed by atoms with Crippen LogP contribution in [0.3, 0.4) is 0 Å². The minimum Gasteiger partial charge on any atom is -0.388 e. The summed E-state index contributed by atoms with van der Waals surface area (Å²) >= 11 is 12.0. The van der Waals surface area contributed by atoms with Crippen LogP contribution in [0.1, 0.15) is 248 Å². The summed E-state index contributed by atoms with van der Waals surface area (Å²) in [5.74, 6) is 2.36. The van der Waals surface area contributed by atoms with Crippen molar-refractivity contribution in [2.24, 2.45) is 35.0 Å². The summed E-state index contributed by atoms with van der Waals surface area (Å²) in [7, 11) is -5.82. The van der Waals surface area contributed by atoms with Crippen LogP contribution < -0.4 is 0 Å². The third kappa shape index (κ3) is 297. The third-order valence-corrected chi connectivity index (χ3v) is 17.0. The quantitative estimate of drug-likeness (QED) is 0.0903. The fraction of sp³-hybridized carbons (Fsp3) is 0.974. The largest absolute Gasteiger partial charge is 0.522 e. The molecule has 0 unspecified atom stereocenters. The number of hydrogen-bond acceptors (Lipinski definition) is 9. The lowest BCUT2D eigenvalue weighted by atomic mass is 9.88. The Kier molecular flexibility index (Phi) is 139. The Labute approximate surface area is 761 Å². The first-order valence-corrected chi connectivity index (χ1v) is 56.8. The minimum absolute atomic E-state index is 0.118. The molecule has 45 heteroatoms. The Morgan fingerprint density at radius 1 is 0.479 bits per heavy atom. The molecule has 0 atom stereocenters. The molecule has 4 aliphatic rings. The van der Waals surface area contributed by atoms with E-state index in [1.54, 1.807) is 38.3 Å². The molecule has 0 N–H and O–H groups in total. The summed E-state index contributed by atoms with van der Waals surface area (Å²) in [5, 5.41) is 12.7. The number of rotatable bonds is 3. The number of ether oxygens (including phenoxy) is 3. The summed E-state index contributed by atoms with van der Waals surface area (Å²) in [6, 6.07) is 1.75. The Morgan fingerprint density at radius 3 is 0.645 bits per heavy atom. The molecule has 0 saturated heterocycles. The van der Waals surface area contributed by atoms with E-state index in [4.69, 9.17) is 10.5 Å². The molecule has 0 aliphatic heterocycles. The van der Waals surface area contributed by atoms with Gasteiger partial charge in [0.05, 0.1) is 19.5 Å². The van der Waals surface area contributed by atoms with E-state index < -0.39 is 98.3 Å². The van der Waals surface area contributed by atoms with Crippen molar-refractivity contribution in [2.75, 3.05) is 90.3 Å². The van der Waals surface area contributed by atoms with Crippen LogP contribution in [0.5, 0.6) is 0 Å².